The van der Waals surface area contributed by atoms with Crippen molar-refractivity contribution >= 4 is 17.4 Å². The molecule has 6 nitrogen and oxygen atoms in total. The van der Waals surface area contributed by atoms with E-state index in [0.717, 1.165) is 10.8 Å². The first-order valence-electron chi connectivity index (χ1n) is 4.57. The van der Waals surface area contributed by atoms with Crippen LogP contribution in [0.15, 0.2) is 17.4 Å². The Kier molecular flexibility index (Phi) is 3.12. The van der Waals surface area contributed by atoms with Crippen molar-refractivity contribution in [2.75, 3.05) is 12.4 Å². The van der Waals surface area contributed by atoms with Crippen LogP contribution in [-0.2, 0) is 0 Å². The van der Waals surface area contributed by atoms with Crippen LogP contribution < -0.4 is 0 Å². The molecule has 0 bridgehead atoms. The first kappa shape index (κ1) is 10.3. The Morgan fingerprint density at radius 1 is 1.53 bits per heavy atom. The highest BCUT2D eigenvalue weighted by Crippen LogP contribution is 2.19. The molecule has 0 aliphatic heterocycles. The standard InChI is InChI=1S/C8H11N5OS/c1-6(4-14)5-15-8-3-9-2-7-10-11-12-13(7)8/h2-3,6,14H,4-5H2,1H3. The highest BCUT2D eigenvalue weighted by atomic mass is 32.2. The van der Waals surface area contributed by atoms with E-state index in [9.17, 15) is 0 Å². The number of tetrazole rings is 1. The minimum Gasteiger partial charge on any atom is -0.396 e. The second-order valence-corrected chi connectivity index (χ2v) is 4.33. The van der Waals surface area contributed by atoms with E-state index >= 15 is 0 Å². The van der Waals surface area contributed by atoms with Gasteiger partial charge < -0.3 is 5.11 Å². The largest absolute Gasteiger partial charge is 0.396 e. The molecule has 0 radical (unpaired) electrons. The molecule has 2 aromatic heterocycles. The topological polar surface area (TPSA) is 76.2 Å². The average molecular weight is 225 g/mol. The molecule has 0 saturated carbocycles. The van der Waals surface area contributed by atoms with Crippen LogP contribution in [0, 0.1) is 5.92 Å². The van der Waals surface area contributed by atoms with Gasteiger partial charge in [0.25, 0.3) is 0 Å². The second kappa shape index (κ2) is 4.54. The lowest BCUT2D eigenvalue weighted by Crippen LogP contribution is -2.04. The van der Waals surface area contributed by atoms with E-state index in [1.165, 1.54) is 0 Å². The lowest BCUT2D eigenvalue weighted by molar-refractivity contribution is 0.250. The summed E-state index contributed by atoms with van der Waals surface area (Å²) in [6, 6.07) is 0. The van der Waals surface area contributed by atoms with Gasteiger partial charge in [0, 0.05) is 12.4 Å². The molecular weight excluding hydrogens is 214 g/mol. The van der Waals surface area contributed by atoms with Gasteiger partial charge in [0.05, 0.1) is 12.4 Å². The fraction of sp³-hybridized carbons (Fsp3) is 0.500. The number of hydrogen-bond donors (Lipinski definition) is 1. The number of aromatic nitrogens is 5. The lowest BCUT2D eigenvalue weighted by atomic mass is 10.2. The van der Waals surface area contributed by atoms with E-state index < -0.39 is 0 Å². The monoisotopic (exact) mass is 225 g/mol. The summed E-state index contributed by atoms with van der Waals surface area (Å²) >= 11 is 1.59. The molecule has 1 N–H and O–H groups in total. The van der Waals surface area contributed by atoms with Crippen molar-refractivity contribution in [3.05, 3.63) is 12.4 Å². The molecule has 2 heterocycles. The maximum atomic E-state index is 8.91. The Morgan fingerprint density at radius 2 is 2.40 bits per heavy atom. The zero-order valence-electron chi connectivity index (χ0n) is 8.24. The molecule has 7 heteroatoms. The smallest absolute Gasteiger partial charge is 0.198 e. The number of rotatable bonds is 4. The molecule has 80 valence electrons. The minimum absolute atomic E-state index is 0.187. The summed E-state index contributed by atoms with van der Waals surface area (Å²) in [5, 5.41) is 21.0. The van der Waals surface area contributed by atoms with E-state index in [2.05, 4.69) is 20.5 Å². The number of hydrogen-bond acceptors (Lipinski definition) is 6. The van der Waals surface area contributed by atoms with Crippen LogP contribution in [0.5, 0.6) is 0 Å². The molecular formula is C8H11N5OS. The number of aliphatic hydroxyl groups excluding tert-OH is 1. The quantitative estimate of drug-likeness (QED) is 0.751. The molecule has 1 unspecified atom stereocenters. The highest BCUT2D eigenvalue weighted by molar-refractivity contribution is 7.99. The Bertz CT molecular complexity index is 445. The molecule has 0 saturated heterocycles. The molecule has 1 atom stereocenters. The van der Waals surface area contributed by atoms with Gasteiger partial charge in [-0.1, -0.05) is 6.92 Å². The van der Waals surface area contributed by atoms with Crippen molar-refractivity contribution in [3.63, 3.8) is 0 Å². The van der Waals surface area contributed by atoms with Crippen LogP contribution in [0.25, 0.3) is 5.65 Å². The molecule has 15 heavy (non-hydrogen) atoms. The highest BCUT2D eigenvalue weighted by Gasteiger charge is 2.06. The van der Waals surface area contributed by atoms with Gasteiger partial charge in [-0.25, -0.2) is 0 Å². The zero-order valence-corrected chi connectivity index (χ0v) is 9.05. The molecule has 0 fully saturated rings. The van der Waals surface area contributed by atoms with Gasteiger partial charge in [-0.2, -0.15) is 4.52 Å². The van der Waals surface area contributed by atoms with Gasteiger partial charge in [-0.05, 0) is 16.3 Å². The van der Waals surface area contributed by atoms with Crippen LogP contribution in [0.1, 0.15) is 6.92 Å². The summed E-state index contributed by atoms with van der Waals surface area (Å²) in [7, 11) is 0. The van der Waals surface area contributed by atoms with Crippen molar-refractivity contribution in [1.82, 2.24) is 25.0 Å². The third-order valence-electron chi connectivity index (χ3n) is 1.90. The molecule has 0 aliphatic carbocycles. The van der Waals surface area contributed by atoms with Crippen molar-refractivity contribution < 1.29 is 5.11 Å². The average Bonchev–Trinajstić information content (AvgIpc) is 2.74. The summed E-state index contributed by atoms with van der Waals surface area (Å²) in [6.07, 6.45) is 3.33. The van der Waals surface area contributed by atoms with Crippen molar-refractivity contribution in [3.8, 4) is 0 Å². The van der Waals surface area contributed by atoms with Gasteiger partial charge in [0.15, 0.2) is 5.65 Å². The van der Waals surface area contributed by atoms with Gasteiger partial charge in [-0.15, -0.1) is 16.9 Å². The molecule has 0 spiro atoms. The van der Waals surface area contributed by atoms with Gasteiger partial charge in [0.2, 0.25) is 0 Å². The molecule has 0 amide bonds. The predicted molar refractivity (Wildman–Crippen MR) is 55.6 cm³/mol. The predicted octanol–water partition coefficient (Wildman–Crippen LogP) is 0.240. The first-order chi connectivity index (χ1) is 7.31. The number of fused-ring (bicyclic) bond motifs is 1. The molecule has 2 rings (SSSR count). The normalized spacial score (nSPS) is 13.2. The molecule has 2 aromatic rings. The van der Waals surface area contributed by atoms with E-state index in [1.54, 1.807) is 28.7 Å². The Hall–Kier alpha value is -1.21. The van der Waals surface area contributed by atoms with Crippen LogP contribution in [0.4, 0.5) is 0 Å². The lowest BCUT2D eigenvalue weighted by Gasteiger charge is -2.06. The van der Waals surface area contributed by atoms with Crippen molar-refractivity contribution in [2.24, 2.45) is 5.92 Å². The van der Waals surface area contributed by atoms with E-state index in [0.29, 0.717) is 5.65 Å². The summed E-state index contributed by atoms with van der Waals surface area (Å²) < 4.78 is 1.64. The Labute approximate surface area is 90.7 Å². The Balaban J connectivity index is 2.17. The van der Waals surface area contributed by atoms with E-state index in [1.807, 2.05) is 6.92 Å². The maximum Gasteiger partial charge on any atom is 0.198 e. The fourth-order valence-electron chi connectivity index (χ4n) is 1.03. The van der Waals surface area contributed by atoms with Crippen LogP contribution in [0.3, 0.4) is 0 Å². The van der Waals surface area contributed by atoms with Crippen molar-refractivity contribution in [2.45, 2.75) is 11.9 Å². The third-order valence-corrected chi connectivity index (χ3v) is 3.21. The molecule has 0 aliphatic rings. The second-order valence-electron chi connectivity index (χ2n) is 3.29. The van der Waals surface area contributed by atoms with Crippen LogP contribution in [0.2, 0.25) is 0 Å². The Morgan fingerprint density at radius 3 is 3.20 bits per heavy atom. The summed E-state index contributed by atoms with van der Waals surface area (Å²) in [6.45, 7) is 2.17. The van der Waals surface area contributed by atoms with Gasteiger partial charge in [-0.3, -0.25) is 4.98 Å². The summed E-state index contributed by atoms with van der Waals surface area (Å²) in [5.41, 5.74) is 0.636. The summed E-state index contributed by atoms with van der Waals surface area (Å²) in [4.78, 5) is 4.04. The van der Waals surface area contributed by atoms with Gasteiger partial charge >= 0.3 is 0 Å². The maximum absolute atomic E-state index is 8.91. The van der Waals surface area contributed by atoms with Crippen molar-refractivity contribution in [1.29, 1.82) is 0 Å². The summed E-state index contributed by atoms with van der Waals surface area (Å²) in [5.74, 6) is 1.07. The SMILES string of the molecule is CC(CO)CSc1cncc2nnnn12. The number of nitrogens with zero attached hydrogens (tertiary/aromatic N) is 5. The minimum atomic E-state index is 0.187. The third kappa shape index (κ3) is 2.24. The van der Waals surface area contributed by atoms with Crippen LogP contribution in [-0.4, -0.2) is 42.5 Å². The zero-order chi connectivity index (χ0) is 10.7. The van der Waals surface area contributed by atoms with Crippen LogP contribution >= 0.6 is 11.8 Å². The van der Waals surface area contributed by atoms with Gasteiger partial charge in [0.1, 0.15) is 5.03 Å². The number of aliphatic hydroxyl groups is 1. The molecule has 0 aromatic carbocycles. The fourth-order valence-corrected chi connectivity index (χ4v) is 1.98. The van der Waals surface area contributed by atoms with E-state index in [4.69, 9.17) is 5.11 Å². The first-order valence-corrected chi connectivity index (χ1v) is 5.55. The number of thioether (sulfide) groups is 1. The van der Waals surface area contributed by atoms with E-state index in [-0.39, 0.29) is 12.5 Å².